The second kappa shape index (κ2) is 8.98. The molecule has 1 aliphatic heterocycles. The highest BCUT2D eigenvalue weighted by Gasteiger charge is 2.20. The monoisotopic (exact) mass is 462 g/mol. The number of carbonyl (C=O) groups excluding carboxylic acids is 1. The number of halogens is 2. The van der Waals surface area contributed by atoms with Gasteiger partial charge >= 0.3 is 0 Å². The quantitative estimate of drug-likeness (QED) is 0.550. The molecule has 9 heteroatoms. The highest BCUT2D eigenvalue weighted by Crippen LogP contribution is 2.35. The Labute approximate surface area is 189 Å². The summed E-state index contributed by atoms with van der Waals surface area (Å²) in [7, 11) is 0. The fourth-order valence-corrected chi connectivity index (χ4v) is 4.98. The van der Waals surface area contributed by atoms with Gasteiger partial charge in [0.2, 0.25) is 0 Å². The van der Waals surface area contributed by atoms with Crippen LogP contribution >= 0.6 is 35.0 Å². The first-order chi connectivity index (χ1) is 14.4. The summed E-state index contributed by atoms with van der Waals surface area (Å²) in [4.78, 5) is 21.5. The minimum Gasteiger partial charge on any atom is -0.378 e. The van der Waals surface area contributed by atoms with Crippen molar-refractivity contribution in [2.24, 2.45) is 0 Å². The van der Waals surface area contributed by atoms with E-state index in [-0.39, 0.29) is 5.91 Å². The van der Waals surface area contributed by atoms with Crippen LogP contribution in [0.3, 0.4) is 0 Å². The molecule has 0 amide bonds. The Morgan fingerprint density at radius 1 is 1.10 bits per heavy atom. The molecule has 0 atom stereocenters. The maximum atomic E-state index is 13.1. The van der Waals surface area contributed by atoms with Gasteiger partial charge < -0.3 is 9.64 Å². The largest absolute Gasteiger partial charge is 0.378 e. The lowest BCUT2D eigenvalue weighted by molar-refractivity contribution is 0.0941. The van der Waals surface area contributed by atoms with Gasteiger partial charge in [-0.25, -0.2) is 4.98 Å². The first-order valence-electron chi connectivity index (χ1n) is 9.46. The number of aryl methyl sites for hydroxylation is 1. The summed E-state index contributed by atoms with van der Waals surface area (Å²) in [6, 6.07) is 9.02. The number of aromatic nitrogens is 3. The molecule has 0 spiro atoms. The van der Waals surface area contributed by atoms with Gasteiger partial charge in [0, 0.05) is 34.2 Å². The Morgan fingerprint density at radius 2 is 1.80 bits per heavy atom. The van der Waals surface area contributed by atoms with Gasteiger partial charge in [-0.3, -0.25) is 4.79 Å². The second-order valence-corrected chi connectivity index (χ2v) is 8.89. The normalized spacial score (nSPS) is 14.2. The zero-order valence-electron chi connectivity index (χ0n) is 16.6. The fraction of sp³-hybridized carbons (Fsp3) is 0.286. The van der Waals surface area contributed by atoms with E-state index in [0.29, 0.717) is 28.8 Å². The molecule has 156 valence electrons. The number of hydrogen-bond donors (Lipinski definition) is 0. The van der Waals surface area contributed by atoms with Crippen molar-refractivity contribution in [1.82, 2.24) is 14.8 Å². The van der Waals surface area contributed by atoms with E-state index in [2.05, 4.69) is 15.0 Å². The van der Waals surface area contributed by atoms with Gasteiger partial charge in [0.05, 0.1) is 35.1 Å². The van der Waals surface area contributed by atoms with E-state index < -0.39 is 0 Å². The maximum absolute atomic E-state index is 13.1. The van der Waals surface area contributed by atoms with Crippen molar-refractivity contribution in [3.8, 4) is 0 Å². The number of nitrogens with zero attached hydrogens (tertiary/aromatic N) is 4. The molecule has 1 aromatic carbocycles. The van der Waals surface area contributed by atoms with E-state index >= 15 is 0 Å². The number of ether oxygens (including phenoxy) is 1. The van der Waals surface area contributed by atoms with Gasteiger partial charge in [0.25, 0.3) is 5.91 Å². The lowest BCUT2D eigenvalue weighted by atomic mass is 10.2. The van der Waals surface area contributed by atoms with E-state index in [1.807, 2.05) is 32.0 Å². The van der Waals surface area contributed by atoms with Crippen LogP contribution in [0.5, 0.6) is 0 Å². The second-order valence-electron chi connectivity index (χ2n) is 6.93. The molecule has 0 N–H and O–H groups in total. The van der Waals surface area contributed by atoms with Crippen molar-refractivity contribution in [3.63, 3.8) is 0 Å². The van der Waals surface area contributed by atoms with Gasteiger partial charge in [0.15, 0.2) is 0 Å². The van der Waals surface area contributed by atoms with E-state index in [1.54, 1.807) is 18.3 Å². The third-order valence-electron chi connectivity index (χ3n) is 4.80. The lowest BCUT2D eigenvalue weighted by Gasteiger charge is -2.27. The van der Waals surface area contributed by atoms with Crippen LogP contribution in [-0.4, -0.2) is 47.0 Å². The van der Waals surface area contributed by atoms with Gasteiger partial charge in [-0.1, -0.05) is 35.0 Å². The van der Waals surface area contributed by atoms with Gasteiger partial charge in [-0.05, 0) is 44.2 Å². The molecule has 0 saturated carbocycles. The fourth-order valence-electron chi connectivity index (χ4n) is 3.29. The predicted molar refractivity (Wildman–Crippen MR) is 119 cm³/mol. The standard InChI is InChI=1S/C21H20Cl2N4O2S/c1-13-20(30-18-10-16(22)9-17(23)11-18)14(2)27(25-13)21(28)15-3-4-19(24-12-15)26-5-7-29-8-6-26/h3-4,9-12H,5-8H2,1-2H3. The van der Waals surface area contributed by atoms with E-state index in [9.17, 15) is 4.79 Å². The van der Waals surface area contributed by atoms with Crippen molar-refractivity contribution in [2.75, 3.05) is 31.2 Å². The van der Waals surface area contributed by atoms with Crippen molar-refractivity contribution in [3.05, 3.63) is 63.5 Å². The topological polar surface area (TPSA) is 60.2 Å². The third-order valence-corrected chi connectivity index (χ3v) is 6.51. The summed E-state index contributed by atoms with van der Waals surface area (Å²) in [5, 5.41) is 5.60. The minimum atomic E-state index is -0.215. The van der Waals surface area contributed by atoms with Crippen molar-refractivity contribution in [2.45, 2.75) is 23.6 Å². The first kappa shape index (κ1) is 21.2. The highest BCUT2D eigenvalue weighted by molar-refractivity contribution is 7.99. The summed E-state index contributed by atoms with van der Waals surface area (Å²) in [6.07, 6.45) is 1.60. The maximum Gasteiger partial charge on any atom is 0.279 e. The van der Waals surface area contributed by atoms with E-state index in [0.717, 1.165) is 40.1 Å². The molecule has 4 rings (SSSR count). The Hall–Kier alpha value is -2.06. The number of anilines is 1. The zero-order valence-corrected chi connectivity index (χ0v) is 18.9. The molecule has 0 unspecified atom stereocenters. The van der Waals surface area contributed by atoms with E-state index in [4.69, 9.17) is 27.9 Å². The average Bonchev–Trinajstić information content (AvgIpc) is 3.01. The third kappa shape index (κ3) is 4.49. The number of hydrogen-bond acceptors (Lipinski definition) is 6. The van der Waals surface area contributed by atoms with Crippen LogP contribution in [0, 0.1) is 13.8 Å². The van der Waals surface area contributed by atoms with Crippen LogP contribution in [0.1, 0.15) is 21.7 Å². The molecular weight excluding hydrogens is 443 g/mol. The van der Waals surface area contributed by atoms with Crippen molar-refractivity contribution in [1.29, 1.82) is 0 Å². The lowest BCUT2D eigenvalue weighted by Crippen LogP contribution is -2.36. The molecule has 3 heterocycles. The van der Waals surface area contributed by atoms with Gasteiger partial charge in [-0.15, -0.1) is 0 Å². The summed E-state index contributed by atoms with van der Waals surface area (Å²) >= 11 is 13.7. The van der Waals surface area contributed by atoms with Crippen LogP contribution in [-0.2, 0) is 4.74 Å². The Kier molecular flexibility index (Phi) is 6.34. The molecule has 3 aromatic rings. The van der Waals surface area contributed by atoms with Crippen LogP contribution in [0.15, 0.2) is 46.3 Å². The molecule has 1 fully saturated rings. The van der Waals surface area contributed by atoms with Crippen LogP contribution < -0.4 is 4.90 Å². The SMILES string of the molecule is Cc1nn(C(=O)c2ccc(N3CCOCC3)nc2)c(C)c1Sc1cc(Cl)cc(Cl)c1. The number of benzene rings is 1. The van der Waals surface area contributed by atoms with Crippen molar-refractivity contribution < 1.29 is 9.53 Å². The van der Waals surface area contributed by atoms with E-state index in [1.165, 1.54) is 16.4 Å². The summed E-state index contributed by atoms with van der Waals surface area (Å²) < 4.78 is 6.80. The highest BCUT2D eigenvalue weighted by atomic mass is 35.5. The molecular formula is C21H20Cl2N4O2S. The molecule has 0 bridgehead atoms. The Balaban J connectivity index is 1.56. The Bertz CT molecular complexity index is 1060. The molecule has 0 aliphatic carbocycles. The summed E-state index contributed by atoms with van der Waals surface area (Å²) in [5.41, 5.74) is 2.01. The number of carbonyl (C=O) groups is 1. The molecule has 6 nitrogen and oxygen atoms in total. The zero-order chi connectivity index (χ0) is 21.3. The number of pyridine rings is 1. The predicted octanol–water partition coefficient (Wildman–Crippen LogP) is 4.88. The van der Waals surface area contributed by atoms with Crippen molar-refractivity contribution >= 4 is 46.7 Å². The molecule has 2 aromatic heterocycles. The van der Waals surface area contributed by atoms with Gasteiger partial charge in [-0.2, -0.15) is 9.78 Å². The first-order valence-corrected chi connectivity index (χ1v) is 11.0. The molecule has 1 saturated heterocycles. The molecule has 0 radical (unpaired) electrons. The Morgan fingerprint density at radius 3 is 2.43 bits per heavy atom. The summed E-state index contributed by atoms with van der Waals surface area (Å²) in [6.45, 7) is 6.73. The summed E-state index contributed by atoms with van der Waals surface area (Å²) in [5.74, 6) is 0.630. The molecule has 30 heavy (non-hydrogen) atoms. The number of morpholine rings is 1. The average molecular weight is 463 g/mol. The van der Waals surface area contributed by atoms with Crippen LogP contribution in [0.25, 0.3) is 0 Å². The minimum absolute atomic E-state index is 0.215. The van der Waals surface area contributed by atoms with Gasteiger partial charge in [0.1, 0.15) is 5.82 Å². The smallest absolute Gasteiger partial charge is 0.279 e. The molecule has 1 aliphatic rings. The van der Waals surface area contributed by atoms with Crippen LogP contribution in [0.4, 0.5) is 5.82 Å². The van der Waals surface area contributed by atoms with Crippen LogP contribution in [0.2, 0.25) is 10.0 Å². The number of rotatable bonds is 4.